The highest BCUT2D eigenvalue weighted by molar-refractivity contribution is 7.89. The zero-order chi connectivity index (χ0) is 21.1. The number of amides is 1. The summed E-state index contributed by atoms with van der Waals surface area (Å²) in [4.78, 5) is 12.7. The van der Waals surface area contributed by atoms with E-state index in [1.54, 1.807) is 6.07 Å². The summed E-state index contributed by atoms with van der Waals surface area (Å²) in [6.07, 6.45) is 1.25. The summed E-state index contributed by atoms with van der Waals surface area (Å²) in [5.41, 5.74) is 0.375. The summed E-state index contributed by atoms with van der Waals surface area (Å²) in [5.74, 6) is -0.835. The average Bonchev–Trinajstić information content (AvgIpc) is 2.73. The lowest BCUT2D eigenvalue weighted by Gasteiger charge is -2.38. The summed E-state index contributed by atoms with van der Waals surface area (Å²) < 4.78 is 45.5. The van der Waals surface area contributed by atoms with Crippen molar-refractivity contribution in [3.8, 4) is 0 Å². The Bertz CT molecular complexity index is 1010. The Morgan fingerprint density at radius 3 is 2.59 bits per heavy atom. The van der Waals surface area contributed by atoms with Crippen molar-refractivity contribution in [1.82, 2.24) is 10.0 Å². The first-order valence-electron chi connectivity index (χ1n) is 9.12. The second-order valence-corrected chi connectivity index (χ2v) is 9.23. The van der Waals surface area contributed by atoms with E-state index in [4.69, 9.17) is 16.3 Å². The number of rotatable bonds is 6. The van der Waals surface area contributed by atoms with E-state index in [-0.39, 0.29) is 27.8 Å². The third-order valence-corrected chi connectivity index (χ3v) is 6.98. The van der Waals surface area contributed by atoms with E-state index in [2.05, 4.69) is 10.0 Å². The fourth-order valence-electron chi connectivity index (χ4n) is 3.46. The van der Waals surface area contributed by atoms with Gasteiger partial charge in [0, 0.05) is 25.2 Å². The van der Waals surface area contributed by atoms with Crippen molar-refractivity contribution < 1.29 is 22.3 Å². The van der Waals surface area contributed by atoms with Crippen molar-refractivity contribution in [3.63, 3.8) is 0 Å². The number of benzene rings is 2. The van der Waals surface area contributed by atoms with Crippen LogP contribution in [-0.2, 0) is 20.2 Å². The van der Waals surface area contributed by atoms with Gasteiger partial charge in [-0.15, -0.1) is 0 Å². The first-order valence-corrected chi connectivity index (χ1v) is 11.0. The predicted molar refractivity (Wildman–Crippen MR) is 108 cm³/mol. The highest BCUT2D eigenvalue weighted by atomic mass is 35.5. The molecule has 156 valence electrons. The standard InChI is InChI=1S/C20H22ClFN2O4S/c1-23-29(26,27)16-5-6-18(21)17(12-16)19(25)24-13-20(7-9-28-10-8-20)14-3-2-4-15(22)11-14/h2-6,11-12,23H,7-10,13H2,1H3,(H,24,25). The minimum Gasteiger partial charge on any atom is -0.381 e. The van der Waals surface area contributed by atoms with Crippen molar-refractivity contribution in [3.05, 3.63) is 64.4 Å². The van der Waals surface area contributed by atoms with Crippen molar-refractivity contribution in [1.29, 1.82) is 0 Å². The Morgan fingerprint density at radius 2 is 1.93 bits per heavy atom. The molecule has 0 spiro atoms. The van der Waals surface area contributed by atoms with Gasteiger partial charge in [-0.1, -0.05) is 23.7 Å². The molecule has 1 amide bonds. The molecule has 9 heteroatoms. The zero-order valence-electron chi connectivity index (χ0n) is 15.9. The molecule has 29 heavy (non-hydrogen) atoms. The van der Waals surface area contributed by atoms with Crippen LogP contribution in [0, 0.1) is 5.82 Å². The maximum atomic E-state index is 13.8. The number of hydrogen-bond acceptors (Lipinski definition) is 4. The van der Waals surface area contributed by atoms with Crippen LogP contribution in [0.5, 0.6) is 0 Å². The van der Waals surface area contributed by atoms with Gasteiger partial charge >= 0.3 is 0 Å². The lowest BCUT2D eigenvalue weighted by molar-refractivity contribution is 0.0486. The van der Waals surface area contributed by atoms with Gasteiger partial charge in [-0.3, -0.25) is 4.79 Å². The second-order valence-electron chi connectivity index (χ2n) is 6.93. The Morgan fingerprint density at radius 1 is 1.21 bits per heavy atom. The maximum Gasteiger partial charge on any atom is 0.252 e. The first kappa shape index (κ1) is 21.7. The predicted octanol–water partition coefficient (Wildman–Crippen LogP) is 2.87. The van der Waals surface area contributed by atoms with Gasteiger partial charge in [0.05, 0.1) is 15.5 Å². The van der Waals surface area contributed by atoms with Crippen molar-refractivity contribution >= 4 is 27.5 Å². The number of carbonyl (C=O) groups excluding carboxylic acids is 1. The molecule has 0 bridgehead atoms. The summed E-state index contributed by atoms with van der Waals surface area (Å²) in [6.45, 7) is 1.25. The highest BCUT2D eigenvalue weighted by Gasteiger charge is 2.35. The molecule has 1 heterocycles. The minimum absolute atomic E-state index is 0.0551. The monoisotopic (exact) mass is 440 g/mol. The van der Waals surface area contributed by atoms with E-state index in [0.29, 0.717) is 26.1 Å². The van der Waals surface area contributed by atoms with Gasteiger partial charge in [0.25, 0.3) is 5.91 Å². The summed E-state index contributed by atoms with van der Waals surface area (Å²) >= 11 is 6.13. The first-order chi connectivity index (χ1) is 13.8. The van der Waals surface area contributed by atoms with Gasteiger partial charge < -0.3 is 10.1 Å². The molecule has 0 aromatic heterocycles. The molecule has 0 atom stereocenters. The number of hydrogen-bond donors (Lipinski definition) is 2. The average molecular weight is 441 g/mol. The van der Waals surface area contributed by atoms with Crippen LogP contribution in [-0.4, -0.2) is 41.1 Å². The molecule has 2 aromatic rings. The van der Waals surface area contributed by atoms with Gasteiger partial charge in [0.2, 0.25) is 10.0 Å². The summed E-state index contributed by atoms with van der Waals surface area (Å²) in [6, 6.07) is 10.3. The third kappa shape index (κ3) is 4.78. The Hall–Kier alpha value is -2.00. The number of carbonyl (C=O) groups is 1. The molecule has 2 aromatic carbocycles. The number of halogens is 2. The largest absolute Gasteiger partial charge is 0.381 e. The van der Waals surface area contributed by atoms with Crippen molar-refractivity contribution in [2.75, 3.05) is 26.8 Å². The molecule has 3 rings (SSSR count). The van der Waals surface area contributed by atoms with Gasteiger partial charge in [0.15, 0.2) is 0 Å². The van der Waals surface area contributed by atoms with E-state index in [0.717, 1.165) is 5.56 Å². The molecule has 1 aliphatic heterocycles. The lowest BCUT2D eigenvalue weighted by Crippen LogP contribution is -2.44. The van der Waals surface area contributed by atoms with Gasteiger partial charge in [-0.05, 0) is 55.8 Å². The van der Waals surface area contributed by atoms with E-state index < -0.39 is 21.3 Å². The Balaban J connectivity index is 1.85. The van der Waals surface area contributed by atoms with E-state index in [1.807, 2.05) is 6.07 Å². The van der Waals surface area contributed by atoms with E-state index in [1.165, 1.54) is 37.4 Å². The van der Waals surface area contributed by atoms with Gasteiger partial charge in [-0.2, -0.15) is 0 Å². The van der Waals surface area contributed by atoms with Crippen LogP contribution in [0.2, 0.25) is 5.02 Å². The van der Waals surface area contributed by atoms with Crippen LogP contribution >= 0.6 is 11.6 Å². The molecule has 0 unspecified atom stereocenters. The molecule has 1 saturated heterocycles. The molecule has 0 saturated carbocycles. The molecule has 0 aliphatic carbocycles. The molecular formula is C20H22ClFN2O4S. The lowest BCUT2D eigenvalue weighted by atomic mass is 9.74. The number of sulfonamides is 1. The van der Waals surface area contributed by atoms with E-state index in [9.17, 15) is 17.6 Å². The Labute approximate surface area is 174 Å². The van der Waals surface area contributed by atoms with Crippen molar-refractivity contribution in [2.45, 2.75) is 23.2 Å². The smallest absolute Gasteiger partial charge is 0.252 e. The van der Waals surface area contributed by atoms with E-state index >= 15 is 0 Å². The quantitative estimate of drug-likeness (QED) is 0.723. The molecule has 0 radical (unpaired) electrons. The highest BCUT2D eigenvalue weighted by Crippen LogP contribution is 2.35. The maximum absolute atomic E-state index is 13.8. The summed E-state index contributed by atoms with van der Waals surface area (Å²) in [7, 11) is -2.42. The van der Waals surface area contributed by atoms with Crippen LogP contribution in [0.1, 0.15) is 28.8 Å². The Kier molecular flexibility index (Phi) is 6.58. The number of nitrogens with one attached hydrogen (secondary N) is 2. The molecule has 2 N–H and O–H groups in total. The molecule has 1 aliphatic rings. The number of ether oxygens (including phenoxy) is 1. The van der Waals surface area contributed by atoms with Crippen LogP contribution in [0.15, 0.2) is 47.4 Å². The van der Waals surface area contributed by atoms with Gasteiger partial charge in [0.1, 0.15) is 5.82 Å². The summed E-state index contributed by atoms with van der Waals surface area (Å²) in [5, 5.41) is 2.99. The molecular weight excluding hydrogens is 419 g/mol. The fraction of sp³-hybridized carbons (Fsp3) is 0.350. The molecule has 6 nitrogen and oxygen atoms in total. The van der Waals surface area contributed by atoms with Gasteiger partial charge in [-0.25, -0.2) is 17.5 Å². The van der Waals surface area contributed by atoms with Crippen LogP contribution in [0.4, 0.5) is 4.39 Å². The van der Waals surface area contributed by atoms with Crippen molar-refractivity contribution in [2.24, 2.45) is 0 Å². The van der Waals surface area contributed by atoms with Crippen LogP contribution in [0.3, 0.4) is 0 Å². The zero-order valence-corrected chi connectivity index (χ0v) is 17.4. The van der Waals surface area contributed by atoms with Crippen LogP contribution < -0.4 is 10.0 Å². The minimum atomic E-state index is -3.71. The SMILES string of the molecule is CNS(=O)(=O)c1ccc(Cl)c(C(=O)NCC2(c3cccc(F)c3)CCOCC2)c1. The second kappa shape index (κ2) is 8.79. The fourth-order valence-corrected chi connectivity index (χ4v) is 4.42. The topological polar surface area (TPSA) is 84.5 Å². The van der Waals surface area contributed by atoms with Crippen LogP contribution in [0.25, 0.3) is 0 Å². The molecule has 1 fully saturated rings. The normalized spacial score (nSPS) is 16.4. The third-order valence-electron chi connectivity index (χ3n) is 5.24.